The Morgan fingerprint density at radius 1 is 0.672 bits per heavy atom. The van der Waals surface area contributed by atoms with Crippen LogP contribution in [-0.4, -0.2) is 60.1 Å². The first-order valence-electron chi connectivity index (χ1n) is 19.0. The third-order valence-corrected chi connectivity index (χ3v) is 10.4. The number of carboxylic acids is 1. The van der Waals surface area contributed by atoms with Crippen LogP contribution < -0.4 is 20.5 Å². The van der Waals surface area contributed by atoms with Crippen LogP contribution in [-0.2, 0) is 20.4 Å². The highest BCUT2D eigenvalue weighted by molar-refractivity contribution is 5.95. The Bertz CT molecular complexity index is 2500. The summed E-state index contributed by atoms with van der Waals surface area (Å²) in [5.74, 6) is -0.902. The average molecular weight is 839 g/mol. The van der Waals surface area contributed by atoms with Gasteiger partial charge in [0.25, 0.3) is 0 Å². The van der Waals surface area contributed by atoms with Crippen molar-refractivity contribution in [1.82, 2.24) is 29.9 Å². The van der Waals surface area contributed by atoms with Crippen LogP contribution in [0.5, 0.6) is 11.5 Å². The maximum atomic E-state index is 13.9. The van der Waals surface area contributed by atoms with Gasteiger partial charge in [-0.15, -0.1) is 0 Å². The Morgan fingerprint density at radius 2 is 1.16 bits per heavy atom. The number of aryl methyl sites for hydroxylation is 4. The molecule has 0 saturated heterocycles. The number of aliphatic carboxylic acids is 1. The standard InChI is InChI=1S/C22H20F2N4O2.C17H17FN2O3.C5H5FN2/c1-13-19(11-25-14(2)27-13)30-12-22(15-4-3-5-16(23)8-15)9-18(22)21(29)28-20-7-6-17(24)10-26-20;1-10-15(8-19-11(2)20-10)23-9-17(7-14(17)16(21)22)12-4-3-5-13(18)6-12;6-4-1-2-5(7)8-3-4/h3-8,10-11,18H,9,12H2,1-2H3,(H,26,28,29);3-6,8,14H,7,9H2,1-2H3,(H,21,22);1-3H,(H2,7,8)/t18-,22+;14-,17+;/m00./s1. The van der Waals surface area contributed by atoms with E-state index >= 15 is 0 Å². The third kappa shape index (κ3) is 10.8. The molecule has 2 fully saturated rings. The first kappa shape index (κ1) is 43.5. The summed E-state index contributed by atoms with van der Waals surface area (Å²) >= 11 is 0. The summed E-state index contributed by atoms with van der Waals surface area (Å²) in [5, 5.41) is 12.0. The van der Waals surface area contributed by atoms with Gasteiger partial charge in [0.15, 0.2) is 11.5 Å². The van der Waals surface area contributed by atoms with E-state index in [9.17, 15) is 32.3 Å². The molecule has 8 rings (SSSR count). The minimum Gasteiger partial charge on any atom is -0.489 e. The summed E-state index contributed by atoms with van der Waals surface area (Å²) in [4.78, 5) is 48.3. The van der Waals surface area contributed by atoms with Gasteiger partial charge in [-0.2, -0.15) is 0 Å². The second kappa shape index (κ2) is 18.5. The molecule has 2 aromatic carbocycles. The molecule has 0 spiro atoms. The van der Waals surface area contributed by atoms with E-state index in [4.69, 9.17) is 15.2 Å². The van der Waals surface area contributed by atoms with E-state index in [0.717, 1.165) is 12.4 Å². The molecule has 13 nitrogen and oxygen atoms in total. The molecule has 4 N–H and O–H groups in total. The number of amides is 1. The number of nitrogens with two attached hydrogens (primary N) is 1. The molecule has 2 aliphatic rings. The van der Waals surface area contributed by atoms with Crippen LogP contribution in [0.2, 0.25) is 0 Å². The zero-order valence-electron chi connectivity index (χ0n) is 33.6. The van der Waals surface area contributed by atoms with Crippen molar-refractivity contribution in [2.75, 3.05) is 24.3 Å². The average Bonchev–Trinajstić information content (AvgIpc) is 4.15. The molecule has 4 heterocycles. The van der Waals surface area contributed by atoms with E-state index in [0.29, 0.717) is 64.3 Å². The number of anilines is 2. The molecule has 316 valence electrons. The van der Waals surface area contributed by atoms with Gasteiger partial charge in [0.05, 0.1) is 61.2 Å². The molecule has 61 heavy (non-hydrogen) atoms. The Hall–Kier alpha value is -7.04. The SMILES string of the molecule is Cc1ncc(OC[C@@]2(c3cccc(F)c3)C[C@H]2C(=O)Nc2ccc(F)cn2)c(C)n1.Cc1ncc(OC[C@@]2(c3cccc(F)c3)C[C@H]2C(=O)O)c(C)n1.Nc1ccc(F)cn1. The number of hydrogen-bond acceptors (Lipinski definition) is 11. The number of aromatic nitrogens is 6. The smallest absolute Gasteiger partial charge is 0.307 e. The Morgan fingerprint density at radius 3 is 1.57 bits per heavy atom. The van der Waals surface area contributed by atoms with Crippen molar-refractivity contribution in [3.05, 3.63) is 155 Å². The topological polar surface area (TPSA) is 188 Å². The van der Waals surface area contributed by atoms with Crippen LogP contribution in [0, 0.1) is 62.8 Å². The van der Waals surface area contributed by atoms with Gasteiger partial charge < -0.3 is 25.6 Å². The van der Waals surface area contributed by atoms with E-state index in [1.54, 1.807) is 57.4 Å². The van der Waals surface area contributed by atoms with E-state index in [1.807, 2.05) is 6.92 Å². The van der Waals surface area contributed by atoms with E-state index < -0.39 is 34.5 Å². The number of carbonyl (C=O) groups is 2. The van der Waals surface area contributed by atoms with Crippen LogP contribution in [0.1, 0.15) is 47.0 Å². The summed E-state index contributed by atoms with van der Waals surface area (Å²) in [7, 11) is 0. The van der Waals surface area contributed by atoms with Crippen LogP contribution >= 0.6 is 0 Å². The largest absolute Gasteiger partial charge is 0.489 e. The minimum absolute atomic E-state index is 0.153. The maximum absolute atomic E-state index is 13.9. The second-order valence-electron chi connectivity index (χ2n) is 14.7. The van der Waals surface area contributed by atoms with Crippen molar-refractivity contribution in [1.29, 1.82) is 0 Å². The quantitative estimate of drug-likeness (QED) is 0.112. The van der Waals surface area contributed by atoms with Gasteiger partial charge in [-0.25, -0.2) is 47.5 Å². The molecule has 17 heteroatoms. The normalized spacial score (nSPS) is 19.5. The number of pyridine rings is 2. The highest BCUT2D eigenvalue weighted by atomic mass is 19.1. The highest BCUT2D eigenvalue weighted by Crippen LogP contribution is 2.56. The number of carbonyl (C=O) groups excluding carboxylic acids is 1. The maximum Gasteiger partial charge on any atom is 0.307 e. The van der Waals surface area contributed by atoms with Crippen LogP contribution in [0.3, 0.4) is 0 Å². The molecule has 0 unspecified atom stereocenters. The zero-order valence-corrected chi connectivity index (χ0v) is 33.6. The molecule has 4 aromatic heterocycles. The molecule has 2 saturated carbocycles. The predicted octanol–water partition coefficient (Wildman–Crippen LogP) is 7.20. The van der Waals surface area contributed by atoms with Gasteiger partial charge in [0.1, 0.15) is 46.6 Å². The lowest BCUT2D eigenvalue weighted by Gasteiger charge is -2.19. The lowest BCUT2D eigenvalue weighted by molar-refractivity contribution is -0.139. The van der Waals surface area contributed by atoms with Gasteiger partial charge in [-0.05, 0) is 100 Å². The fraction of sp³-hybridized carbons (Fsp3) is 0.273. The lowest BCUT2D eigenvalue weighted by atomic mass is 9.93. The summed E-state index contributed by atoms with van der Waals surface area (Å²) in [6.45, 7) is 7.51. The zero-order chi connectivity index (χ0) is 43.9. The number of nitrogen functional groups attached to an aromatic ring is 1. The van der Waals surface area contributed by atoms with Crippen molar-refractivity contribution in [2.24, 2.45) is 11.8 Å². The number of halogens is 4. The van der Waals surface area contributed by atoms with Gasteiger partial charge in [0.2, 0.25) is 5.91 Å². The minimum atomic E-state index is -0.894. The Balaban J connectivity index is 0.000000177. The van der Waals surface area contributed by atoms with Gasteiger partial charge >= 0.3 is 5.97 Å². The summed E-state index contributed by atoms with van der Waals surface area (Å²) in [6, 6.07) is 17.5. The van der Waals surface area contributed by atoms with Crippen molar-refractivity contribution in [3.63, 3.8) is 0 Å². The van der Waals surface area contributed by atoms with Crippen molar-refractivity contribution >= 4 is 23.5 Å². The summed E-state index contributed by atoms with van der Waals surface area (Å²) < 4.78 is 64.2. The molecule has 0 bridgehead atoms. The molecule has 0 aliphatic heterocycles. The van der Waals surface area contributed by atoms with Crippen molar-refractivity contribution < 1.29 is 41.7 Å². The van der Waals surface area contributed by atoms with Crippen LogP contribution in [0.25, 0.3) is 0 Å². The number of nitrogens with zero attached hydrogens (tertiary/aromatic N) is 6. The number of hydrogen-bond donors (Lipinski definition) is 3. The Labute approximate surface area is 348 Å². The fourth-order valence-corrected chi connectivity index (χ4v) is 6.89. The molecule has 4 atom stereocenters. The Kier molecular flexibility index (Phi) is 13.2. The van der Waals surface area contributed by atoms with E-state index in [1.165, 1.54) is 48.5 Å². The lowest BCUT2D eigenvalue weighted by Crippen LogP contribution is -2.27. The molecule has 2 aliphatic carbocycles. The number of nitrogens with one attached hydrogen (secondary N) is 1. The van der Waals surface area contributed by atoms with Crippen LogP contribution in [0.4, 0.5) is 29.2 Å². The monoisotopic (exact) mass is 838 g/mol. The number of rotatable bonds is 11. The van der Waals surface area contributed by atoms with Crippen molar-refractivity contribution in [3.8, 4) is 11.5 Å². The number of benzene rings is 2. The number of carboxylic acid groups (broad SMARTS) is 1. The molecule has 1 amide bonds. The van der Waals surface area contributed by atoms with Gasteiger partial charge in [-0.3, -0.25) is 9.59 Å². The third-order valence-electron chi connectivity index (χ3n) is 10.4. The fourth-order valence-electron chi connectivity index (χ4n) is 6.89. The summed E-state index contributed by atoms with van der Waals surface area (Å²) in [6.07, 6.45) is 6.19. The predicted molar refractivity (Wildman–Crippen MR) is 215 cm³/mol. The first-order valence-corrected chi connectivity index (χ1v) is 19.0. The highest BCUT2D eigenvalue weighted by Gasteiger charge is 2.61. The summed E-state index contributed by atoms with van der Waals surface area (Å²) in [5.41, 5.74) is 6.47. The molecule has 6 aromatic rings. The molecular weight excluding hydrogens is 797 g/mol. The van der Waals surface area contributed by atoms with E-state index in [2.05, 4.69) is 35.2 Å². The van der Waals surface area contributed by atoms with E-state index in [-0.39, 0.29) is 42.4 Å². The van der Waals surface area contributed by atoms with Crippen LogP contribution in [0.15, 0.2) is 97.6 Å². The molecule has 0 radical (unpaired) electrons. The second-order valence-corrected chi connectivity index (χ2v) is 14.7. The van der Waals surface area contributed by atoms with Gasteiger partial charge in [-0.1, -0.05) is 24.3 Å². The van der Waals surface area contributed by atoms with Gasteiger partial charge in [0, 0.05) is 10.8 Å². The number of ether oxygens (including phenoxy) is 2. The molecular formula is C44H42F4N8O5. The first-order chi connectivity index (χ1) is 29.1. The van der Waals surface area contributed by atoms with Crippen molar-refractivity contribution in [2.45, 2.75) is 51.4 Å².